The van der Waals surface area contributed by atoms with Gasteiger partial charge in [-0.1, -0.05) is 13.8 Å². The number of carboxylic acid groups (broad SMARTS) is 1. The molecule has 1 amide bonds. The van der Waals surface area contributed by atoms with Crippen molar-refractivity contribution in [3.8, 4) is 0 Å². The Kier molecular flexibility index (Phi) is 5.75. The molecule has 1 rings (SSSR count). The predicted octanol–water partition coefficient (Wildman–Crippen LogP) is 1.28. The van der Waals surface area contributed by atoms with Crippen molar-refractivity contribution in [2.24, 2.45) is 11.1 Å². The number of hydrogen-bond acceptors (Lipinski definition) is 4. The second kappa shape index (κ2) is 6.75. The van der Waals surface area contributed by atoms with Crippen LogP contribution in [0.3, 0.4) is 0 Å². The molecule has 1 saturated carbocycles. The van der Waals surface area contributed by atoms with E-state index in [-0.39, 0.29) is 24.5 Å². The van der Waals surface area contributed by atoms with Crippen molar-refractivity contribution in [2.75, 3.05) is 6.61 Å². The van der Waals surface area contributed by atoms with Crippen molar-refractivity contribution in [3.63, 3.8) is 0 Å². The highest BCUT2D eigenvalue weighted by Crippen LogP contribution is 2.49. The molecule has 0 aromatic heterocycles. The quantitative estimate of drug-likeness (QED) is 0.627. The summed E-state index contributed by atoms with van der Waals surface area (Å²) in [4.78, 5) is 22.9. The second-order valence-corrected chi connectivity index (χ2v) is 6.50. The van der Waals surface area contributed by atoms with E-state index in [1.807, 2.05) is 27.7 Å². The van der Waals surface area contributed by atoms with E-state index in [1.165, 1.54) is 0 Å². The summed E-state index contributed by atoms with van der Waals surface area (Å²) in [6.07, 6.45) is 1.80. The van der Waals surface area contributed by atoms with Crippen LogP contribution in [0.4, 0.5) is 0 Å². The first kappa shape index (κ1) is 17.9. The van der Waals surface area contributed by atoms with Gasteiger partial charge in [-0.15, -0.1) is 0 Å². The standard InChI is InChI=1S/C15H28N2O4/c1-5-21-11-9-15(16,14(11,3)4)13(20)17-10(2)7-6-8-12(18)19/h10-11H,5-9,16H2,1-4H3,(H,17,20)(H,18,19). The summed E-state index contributed by atoms with van der Waals surface area (Å²) in [6.45, 7) is 8.31. The molecule has 3 unspecified atom stereocenters. The number of amides is 1. The molecule has 0 bridgehead atoms. The lowest BCUT2D eigenvalue weighted by Gasteiger charge is -2.57. The third-order valence-electron chi connectivity index (χ3n) is 4.64. The van der Waals surface area contributed by atoms with Gasteiger partial charge in [-0.3, -0.25) is 9.59 Å². The van der Waals surface area contributed by atoms with Crippen LogP contribution in [0.5, 0.6) is 0 Å². The SMILES string of the molecule is CCOC1CC(N)(C(=O)NC(C)CCCC(=O)O)C1(C)C. The Balaban J connectivity index is 2.50. The lowest BCUT2D eigenvalue weighted by molar-refractivity contribution is -0.171. The Morgan fingerprint density at radius 2 is 2.10 bits per heavy atom. The molecule has 0 saturated heterocycles. The Bertz CT molecular complexity index is 397. The number of carboxylic acids is 1. The van der Waals surface area contributed by atoms with Gasteiger partial charge < -0.3 is 20.9 Å². The number of nitrogens with one attached hydrogen (secondary N) is 1. The molecule has 0 radical (unpaired) electrons. The van der Waals surface area contributed by atoms with E-state index < -0.39 is 16.9 Å². The van der Waals surface area contributed by atoms with Crippen LogP contribution in [0.15, 0.2) is 0 Å². The number of nitrogens with two attached hydrogens (primary N) is 1. The molecule has 0 aliphatic heterocycles. The van der Waals surface area contributed by atoms with E-state index in [1.54, 1.807) is 0 Å². The van der Waals surface area contributed by atoms with Gasteiger partial charge in [0.25, 0.3) is 0 Å². The van der Waals surface area contributed by atoms with Crippen molar-refractivity contribution in [1.29, 1.82) is 0 Å². The molecule has 6 heteroatoms. The zero-order valence-electron chi connectivity index (χ0n) is 13.4. The third-order valence-corrected chi connectivity index (χ3v) is 4.64. The van der Waals surface area contributed by atoms with E-state index in [9.17, 15) is 9.59 Å². The number of hydrogen-bond donors (Lipinski definition) is 3. The van der Waals surface area contributed by atoms with Crippen molar-refractivity contribution in [2.45, 2.75) is 71.1 Å². The molecule has 21 heavy (non-hydrogen) atoms. The van der Waals surface area contributed by atoms with Crippen molar-refractivity contribution in [3.05, 3.63) is 0 Å². The lowest BCUT2D eigenvalue weighted by Crippen LogP contribution is -2.76. The average molecular weight is 300 g/mol. The van der Waals surface area contributed by atoms with Gasteiger partial charge in [-0.2, -0.15) is 0 Å². The largest absolute Gasteiger partial charge is 0.481 e. The van der Waals surface area contributed by atoms with Crippen LogP contribution >= 0.6 is 0 Å². The van der Waals surface area contributed by atoms with Gasteiger partial charge in [0.15, 0.2) is 0 Å². The highest BCUT2D eigenvalue weighted by molar-refractivity contribution is 5.89. The van der Waals surface area contributed by atoms with Gasteiger partial charge in [0.05, 0.1) is 6.10 Å². The van der Waals surface area contributed by atoms with Crippen LogP contribution in [-0.2, 0) is 14.3 Å². The number of carbonyl (C=O) groups is 2. The van der Waals surface area contributed by atoms with Crippen LogP contribution in [0.25, 0.3) is 0 Å². The van der Waals surface area contributed by atoms with Gasteiger partial charge in [-0.25, -0.2) is 0 Å². The molecule has 0 heterocycles. The summed E-state index contributed by atoms with van der Waals surface area (Å²) in [5.74, 6) is -0.991. The van der Waals surface area contributed by atoms with Crippen LogP contribution in [0.1, 0.15) is 53.4 Å². The van der Waals surface area contributed by atoms with E-state index in [2.05, 4.69) is 5.32 Å². The maximum atomic E-state index is 12.4. The zero-order valence-corrected chi connectivity index (χ0v) is 13.4. The number of aliphatic carboxylic acids is 1. The van der Waals surface area contributed by atoms with Crippen LogP contribution in [0, 0.1) is 5.41 Å². The van der Waals surface area contributed by atoms with E-state index in [4.69, 9.17) is 15.6 Å². The first-order chi connectivity index (χ1) is 9.65. The van der Waals surface area contributed by atoms with Crippen molar-refractivity contribution < 1.29 is 19.4 Å². The molecule has 1 aliphatic carbocycles. The Morgan fingerprint density at radius 1 is 1.48 bits per heavy atom. The normalized spacial score (nSPS) is 28.5. The van der Waals surface area contributed by atoms with Crippen molar-refractivity contribution >= 4 is 11.9 Å². The molecule has 1 fully saturated rings. The smallest absolute Gasteiger partial charge is 0.303 e. The van der Waals surface area contributed by atoms with Crippen LogP contribution < -0.4 is 11.1 Å². The van der Waals surface area contributed by atoms with Gasteiger partial charge in [0, 0.05) is 30.9 Å². The summed E-state index contributed by atoms with van der Waals surface area (Å²) >= 11 is 0. The van der Waals surface area contributed by atoms with E-state index in [0.717, 1.165) is 0 Å². The second-order valence-electron chi connectivity index (χ2n) is 6.50. The monoisotopic (exact) mass is 300 g/mol. The molecule has 0 spiro atoms. The number of carbonyl (C=O) groups excluding carboxylic acids is 1. The molecular formula is C15H28N2O4. The molecule has 3 atom stereocenters. The summed E-state index contributed by atoms with van der Waals surface area (Å²) in [6, 6.07) is -0.0841. The fraction of sp³-hybridized carbons (Fsp3) is 0.867. The number of ether oxygens (including phenoxy) is 1. The highest BCUT2D eigenvalue weighted by Gasteiger charge is 2.62. The Hall–Kier alpha value is -1.14. The predicted molar refractivity (Wildman–Crippen MR) is 79.8 cm³/mol. The first-order valence-electron chi connectivity index (χ1n) is 7.58. The lowest BCUT2D eigenvalue weighted by atomic mass is 9.54. The molecule has 122 valence electrons. The van der Waals surface area contributed by atoms with E-state index >= 15 is 0 Å². The first-order valence-corrected chi connectivity index (χ1v) is 7.58. The summed E-state index contributed by atoms with van der Waals surface area (Å²) in [7, 11) is 0. The van der Waals surface area contributed by atoms with Gasteiger partial charge in [0.1, 0.15) is 5.54 Å². The molecule has 1 aliphatic rings. The summed E-state index contributed by atoms with van der Waals surface area (Å²) in [5.41, 5.74) is 4.95. The maximum absolute atomic E-state index is 12.4. The van der Waals surface area contributed by atoms with Gasteiger partial charge >= 0.3 is 5.97 Å². The minimum Gasteiger partial charge on any atom is -0.481 e. The fourth-order valence-corrected chi connectivity index (χ4v) is 2.80. The minimum absolute atomic E-state index is 0.000525. The van der Waals surface area contributed by atoms with Crippen LogP contribution in [0.2, 0.25) is 0 Å². The van der Waals surface area contributed by atoms with Crippen LogP contribution in [-0.4, -0.2) is 41.3 Å². The van der Waals surface area contributed by atoms with Crippen molar-refractivity contribution in [1.82, 2.24) is 5.32 Å². The summed E-state index contributed by atoms with van der Waals surface area (Å²) < 4.78 is 5.61. The Morgan fingerprint density at radius 3 is 2.57 bits per heavy atom. The molecule has 4 N–H and O–H groups in total. The third kappa shape index (κ3) is 3.74. The van der Waals surface area contributed by atoms with Gasteiger partial charge in [-0.05, 0) is 26.7 Å². The highest BCUT2D eigenvalue weighted by atomic mass is 16.5. The molecular weight excluding hydrogens is 272 g/mol. The maximum Gasteiger partial charge on any atom is 0.303 e. The zero-order chi connectivity index (χ0) is 16.3. The number of rotatable bonds is 8. The topological polar surface area (TPSA) is 102 Å². The Labute approximate surface area is 126 Å². The molecule has 0 aromatic carbocycles. The molecule has 0 aromatic rings. The summed E-state index contributed by atoms with van der Waals surface area (Å²) in [5, 5.41) is 11.5. The minimum atomic E-state index is -0.923. The van der Waals surface area contributed by atoms with Gasteiger partial charge in [0.2, 0.25) is 5.91 Å². The van der Waals surface area contributed by atoms with E-state index in [0.29, 0.717) is 25.9 Å². The fourth-order valence-electron chi connectivity index (χ4n) is 2.80. The molecule has 6 nitrogen and oxygen atoms in total. The average Bonchev–Trinajstić information content (AvgIpc) is 2.37.